The van der Waals surface area contributed by atoms with Crippen LogP contribution in [0.4, 0.5) is 5.69 Å². The van der Waals surface area contributed by atoms with Gasteiger partial charge in [0.25, 0.3) is 5.91 Å². The highest BCUT2D eigenvalue weighted by atomic mass is 79.9. The Morgan fingerprint density at radius 2 is 1.71 bits per heavy atom. The molecule has 3 nitrogen and oxygen atoms in total. The van der Waals surface area contributed by atoms with Crippen molar-refractivity contribution in [2.24, 2.45) is 0 Å². The number of carbonyl (C=O) groups excluding carboxylic acids is 1. The first kappa shape index (κ1) is 16.9. The fourth-order valence-corrected chi connectivity index (χ4v) is 3.07. The third-order valence-electron chi connectivity index (χ3n) is 3.88. The molecule has 24 heavy (non-hydrogen) atoms. The third-order valence-corrected chi connectivity index (χ3v) is 4.69. The molecular formula is C19H17BrN2OS. The Kier molecular flexibility index (Phi) is 4.83. The molecule has 0 saturated carbocycles. The number of amides is 1. The van der Waals surface area contributed by atoms with Gasteiger partial charge in [0.15, 0.2) is 5.11 Å². The second-order valence-corrected chi connectivity index (χ2v) is 7.23. The van der Waals surface area contributed by atoms with E-state index in [0.717, 1.165) is 15.7 Å². The highest BCUT2D eigenvalue weighted by Gasteiger charge is 2.31. The van der Waals surface area contributed by atoms with Crippen LogP contribution < -0.4 is 10.2 Å². The number of carbonyl (C=O) groups is 1. The number of nitrogens with zero attached hydrogens (tertiary/aromatic N) is 1. The summed E-state index contributed by atoms with van der Waals surface area (Å²) in [4.78, 5) is 14.2. The topological polar surface area (TPSA) is 32.3 Å². The largest absolute Gasteiger partial charge is 0.327 e. The molecule has 0 aliphatic carbocycles. The normalized spacial score (nSPS) is 16.2. The molecule has 1 amide bonds. The van der Waals surface area contributed by atoms with Crippen molar-refractivity contribution in [3.63, 3.8) is 0 Å². The van der Waals surface area contributed by atoms with Crippen LogP contribution in [0.2, 0.25) is 0 Å². The molecular weight excluding hydrogens is 384 g/mol. The van der Waals surface area contributed by atoms with E-state index in [2.05, 4.69) is 47.2 Å². The summed E-state index contributed by atoms with van der Waals surface area (Å²) in [6.07, 6.45) is 1.83. The predicted octanol–water partition coefficient (Wildman–Crippen LogP) is 4.83. The predicted molar refractivity (Wildman–Crippen MR) is 106 cm³/mol. The van der Waals surface area contributed by atoms with Gasteiger partial charge in [-0.15, -0.1) is 0 Å². The molecule has 122 valence electrons. The SMILES string of the molecule is CC(C)c1ccc(/C=C2/NC(=S)N(c3ccc(Br)cc3)C2=O)cc1. The van der Waals surface area contributed by atoms with Crippen LogP contribution in [0.3, 0.4) is 0 Å². The lowest BCUT2D eigenvalue weighted by atomic mass is 10.0. The minimum Gasteiger partial charge on any atom is -0.327 e. The van der Waals surface area contributed by atoms with Crippen molar-refractivity contribution < 1.29 is 4.79 Å². The monoisotopic (exact) mass is 400 g/mol. The van der Waals surface area contributed by atoms with E-state index in [1.807, 2.05) is 42.5 Å². The van der Waals surface area contributed by atoms with Gasteiger partial charge in [-0.05, 0) is 59.6 Å². The second-order valence-electron chi connectivity index (χ2n) is 5.93. The van der Waals surface area contributed by atoms with E-state index >= 15 is 0 Å². The van der Waals surface area contributed by atoms with Crippen molar-refractivity contribution in [2.75, 3.05) is 4.90 Å². The van der Waals surface area contributed by atoms with Crippen LogP contribution in [-0.2, 0) is 4.79 Å². The molecule has 1 saturated heterocycles. The Hall–Kier alpha value is -1.98. The molecule has 1 aliphatic heterocycles. The summed E-state index contributed by atoms with van der Waals surface area (Å²) in [5.41, 5.74) is 3.48. The second kappa shape index (κ2) is 6.87. The van der Waals surface area contributed by atoms with Crippen molar-refractivity contribution in [3.05, 3.63) is 69.8 Å². The Morgan fingerprint density at radius 3 is 2.29 bits per heavy atom. The summed E-state index contributed by atoms with van der Waals surface area (Å²) >= 11 is 8.72. The number of hydrogen-bond donors (Lipinski definition) is 1. The van der Waals surface area contributed by atoms with E-state index < -0.39 is 0 Å². The Balaban J connectivity index is 1.86. The van der Waals surface area contributed by atoms with Gasteiger partial charge in [0, 0.05) is 4.47 Å². The molecule has 5 heteroatoms. The van der Waals surface area contributed by atoms with E-state index in [0.29, 0.717) is 16.7 Å². The maximum Gasteiger partial charge on any atom is 0.281 e. The maximum atomic E-state index is 12.7. The summed E-state index contributed by atoms with van der Waals surface area (Å²) < 4.78 is 0.956. The molecule has 1 fully saturated rings. The molecule has 1 N–H and O–H groups in total. The van der Waals surface area contributed by atoms with Crippen LogP contribution in [0, 0.1) is 0 Å². The Bertz CT molecular complexity index is 810. The van der Waals surface area contributed by atoms with Gasteiger partial charge in [-0.25, -0.2) is 0 Å². The average Bonchev–Trinajstić information content (AvgIpc) is 2.83. The van der Waals surface area contributed by atoms with Gasteiger partial charge < -0.3 is 5.32 Å². The van der Waals surface area contributed by atoms with Gasteiger partial charge in [0.05, 0.1) is 5.69 Å². The molecule has 3 rings (SSSR count). The molecule has 0 aromatic heterocycles. The molecule has 0 spiro atoms. The molecule has 2 aromatic rings. The van der Waals surface area contributed by atoms with Crippen LogP contribution in [0.25, 0.3) is 6.08 Å². The third kappa shape index (κ3) is 3.42. The smallest absolute Gasteiger partial charge is 0.281 e. The molecule has 0 bridgehead atoms. The number of nitrogens with one attached hydrogen (secondary N) is 1. The molecule has 2 aromatic carbocycles. The van der Waals surface area contributed by atoms with E-state index in [-0.39, 0.29) is 5.91 Å². The summed E-state index contributed by atoms with van der Waals surface area (Å²) in [6.45, 7) is 4.31. The number of hydrogen-bond acceptors (Lipinski definition) is 2. The summed E-state index contributed by atoms with van der Waals surface area (Å²) in [7, 11) is 0. The van der Waals surface area contributed by atoms with Crippen molar-refractivity contribution in [1.82, 2.24) is 5.32 Å². The highest BCUT2D eigenvalue weighted by molar-refractivity contribution is 9.10. The number of benzene rings is 2. The van der Waals surface area contributed by atoms with Crippen LogP contribution in [0.5, 0.6) is 0 Å². The maximum absolute atomic E-state index is 12.7. The van der Waals surface area contributed by atoms with Crippen LogP contribution in [0.15, 0.2) is 58.7 Å². The van der Waals surface area contributed by atoms with Gasteiger partial charge in [-0.3, -0.25) is 9.69 Å². The zero-order chi connectivity index (χ0) is 17.3. The Morgan fingerprint density at radius 1 is 1.08 bits per heavy atom. The van der Waals surface area contributed by atoms with Crippen LogP contribution in [0.1, 0.15) is 30.9 Å². The minimum atomic E-state index is -0.143. The molecule has 1 heterocycles. The van der Waals surface area contributed by atoms with Gasteiger partial charge in [-0.1, -0.05) is 54.0 Å². The van der Waals surface area contributed by atoms with E-state index in [1.54, 1.807) is 0 Å². The zero-order valence-corrected chi connectivity index (χ0v) is 15.8. The van der Waals surface area contributed by atoms with E-state index in [4.69, 9.17) is 12.2 Å². The van der Waals surface area contributed by atoms with Gasteiger partial charge in [0.2, 0.25) is 0 Å². The van der Waals surface area contributed by atoms with Crippen molar-refractivity contribution >= 4 is 50.9 Å². The molecule has 0 unspecified atom stereocenters. The summed E-state index contributed by atoms with van der Waals surface area (Å²) in [6, 6.07) is 15.7. The van der Waals surface area contributed by atoms with Crippen LogP contribution >= 0.6 is 28.1 Å². The fraction of sp³-hybridized carbons (Fsp3) is 0.158. The van der Waals surface area contributed by atoms with Crippen LogP contribution in [-0.4, -0.2) is 11.0 Å². The summed E-state index contributed by atoms with van der Waals surface area (Å²) in [5, 5.41) is 3.41. The number of halogens is 1. The molecule has 1 aliphatic rings. The first-order valence-corrected chi connectivity index (χ1v) is 8.88. The molecule has 0 atom stereocenters. The minimum absolute atomic E-state index is 0.143. The lowest BCUT2D eigenvalue weighted by Crippen LogP contribution is -2.30. The lowest BCUT2D eigenvalue weighted by molar-refractivity contribution is -0.113. The first-order valence-electron chi connectivity index (χ1n) is 7.68. The fourth-order valence-electron chi connectivity index (χ4n) is 2.50. The number of anilines is 1. The van der Waals surface area contributed by atoms with E-state index in [1.165, 1.54) is 10.5 Å². The Labute approximate surface area is 155 Å². The van der Waals surface area contributed by atoms with Gasteiger partial charge in [0.1, 0.15) is 5.70 Å². The number of thiocarbonyl (C=S) groups is 1. The lowest BCUT2D eigenvalue weighted by Gasteiger charge is -2.13. The highest BCUT2D eigenvalue weighted by Crippen LogP contribution is 2.24. The van der Waals surface area contributed by atoms with Crippen molar-refractivity contribution in [2.45, 2.75) is 19.8 Å². The standard InChI is InChI=1S/C19H17BrN2OS/c1-12(2)14-5-3-13(4-6-14)11-17-18(23)22(19(24)21-17)16-9-7-15(20)8-10-16/h3-12H,1-2H3,(H,21,24)/b17-11+. The van der Waals surface area contributed by atoms with Gasteiger partial charge in [-0.2, -0.15) is 0 Å². The summed E-state index contributed by atoms with van der Waals surface area (Å²) in [5.74, 6) is 0.341. The van der Waals surface area contributed by atoms with Crippen molar-refractivity contribution in [3.8, 4) is 0 Å². The van der Waals surface area contributed by atoms with Gasteiger partial charge >= 0.3 is 0 Å². The zero-order valence-electron chi connectivity index (χ0n) is 13.4. The van der Waals surface area contributed by atoms with Crippen molar-refractivity contribution in [1.29, 1.82) is 0 Å². The number of rotatable bonds is 3. The quantitative estimate of drug-likeness (QED) is 0.591. The average molecular weight is 401 g/mol. The molecule has 0 radical (unpaired) electrons. The first-order chi connectivity index (χ1) is 11.5. The van der Waals surface area contributed by atoms with E-state index in [9.17, 15) is 4.79 Å².